The van der Waals surface area contributed by atoms with Crippen molar-refractivity contribution < 1.29 is 4.74 Å². The number of rotatable bonds is 5. The Morgan fingerprint density at radius 3 is 2.42 bits per heavy atom. The molecule has 19 heavy (non-hydrogen) atoms. The van der Waals surface area contributed by atoms with Crippen molar-refractivity contribution in [1.82, 2.24) is 5.32 Å². The van der Waals surface area contributed by atoms with Gasteiger partial charge in [-0.2, -0.15) is 0 Å². The van der Waals surface area contributed by atoms with Crippen LogP contribution in [0.15, 0.2) is 48.5 Å². The zero-order valence-electron chi connectivity index (χ0n) is 11.4. The van der Waals surface area contributed by atoms with Gasteiger partial charge in [-0.3, -0.25) is 0 Å². The molecule has 3 heteroatoms. The number of benzene rings is 2. The molecule has 0 spiro atoms. The molecule has 2 aromatic carbocycles. The Bertz CT molecular complexity index is 523. The monoisotopic (exact) mass is 256 g/mol. The van der Waals surface area contributed by atoms with Gasteiger partial charge in [0.05, 0.1) is 13.2 Å². The minimum absolute atomic E-state index is 0.164. The number of nitrogens with one attached hydrogen (secondary N) is 1. The van der Waals surface area contributed by atoms with Gasteiger partial charge in [0.25, 0.3) is 0 Å². The highest BCUT2D eigenvalue weighted by Crippen LogP contribution is 2.24. The van der Waals surface area contributed by atoms with Crippen LogP contribution in [0.4, 0.5) is 0 Å². The van der Waals surface area contributed by atoms with E-state index in [9.17, 15) is 0 Å². The van der Waals surface area contributed by atoms with Gasteiger partial charge in [0.15, 0.2) is 0 Å². The highest BCUT2D eigenvalue weighted by molar-refractivity contribution is 5.37. The molecule has 1 atom stereocenters. The molecule has 0 saturated carbocycles. The normalized spacial score (nSPS) is 12.2. The van der Waals surface area contributed by atoms with Crippen LogP contribution in [0.5, 0.6) is 5.75 Å². The average Bonchev–Trinajstić information content (AvgIpc) is 2.49. The summed E-state index contributed by atoms with van der Waals surface area (Å²) in [5, 5.41) is 3.34. The zero-order valence-corrected chi connectivity index (χ0v) is 11.4. The molecule has 0 aromatic heterocycles. The number of methoxy groups -OCH3 is 1. The molecule has 0 aliphatic carbocycles. The van der Waals surface area contributed by atoms with E-state index in [-0.39, 0.29) is 6.04 Å². The smallest absolute Gasteiger partial charge is 0.118 e. The fraction of sp³-hybridized carbons (Fsp3) is 0.250. The third-order valence-electron chi connectivity index (χ3n) is 3.26. The van der Waals surface area contributed by atoms with E-state index < -0.39 is 0 Å². The first-order valence-corrected chi connectivity index (χ1v) is 6.38. The third kappa shape index (κ3) is 3.13. The molecule has 0 heterocycles. The molecule has 0 fully saturated rings. The molecule has 2 rings (SSSR count). The van der Waals surface area contributed by atoms with Gasteiger partial charge in [-0.05, 0) is 35.9 Å². The maximum atomic E-state index is 5.70. The number of hydrogen-bond donors (Lipinski definition) is 2. The van der Waals surface area contributed by atoms with Crippen LogP contribution < -0.4 is 15.8 Å². The van der Waals surface area contributed by atoms with Gasteiger partial charge < -0.3 is 15.8 Å². The van der Waals surface area contributed by atoms with E-state index in [0.717, 1.165) is 11.3 Å². The van der Waals surface area contributed by atoms with E-state index in [2.05, 4.69) is 29.6 Å². The fourth-order valence-electron chi connectivity index (χ4n) is 2.22. The Morgan fingerprint density at radius 2 is 1.84 bits per heavy atom. The van der Waals surface area contributed by atoms with Crippen molar-refractivity contribution >= 4 is 0 Å². The summed E-state index contributed by atoms with van der Waals surface area (Å²) in [7, 11) is 3.64. The summed E-state index contributed by atoms with van der Waals surface area (Å²) in [6.07, 6.45) is 0. The van der Waals surface area contributed by atoms with Crippen LogP contribution in [0.25, 0.3) is 0 Å². The quantitative estimate of drug-likeness (QED) is 0.864. The van der Waals surface area contributed by atoms with E-state index in [1.807, 2.05) is 31.3 Å². The molecule has 0 saturated heterocycles. The molecule has 0 aliphatic rings. The summed E-state index contributed by atoms with van der Waals surface area (Å²) in [4.78, 5) is 0. The predicted molar refractivity (Wildman–Crippen MR) is 78.2 cm³/mol. The third-order valence-corrected chi connectivity index (χ3v) is 3.26. The molecule has 100 valence electrons. The lowest BCUT2D eigenvalue weighted by Crippen LogP contribution is -2.17. The SMILES string of the molecule is CNC(c1ccc(OC)cc1)c1cccc(CN)c1. The van der Waals surface area contributed by atoms with E-state index >= 15 is 0 Å². The second-order valence-corrected chi connectivity index (χ2v) is 4.44. The van der Waals surface area contributed by atoms with Gasteiger partial charge in [-0.15, -0.1) is 0 Å². The van der Waals surface area contributed by atoms with E-state index in [4.69, 9.17) is 10.5 Å². The Labute approximate surface area is 114 Å². The second-order valence-electron chi connectivity index (χ2n) is 4.44. The molecular formula is C16H20N2O. The van der Waals surface area contributed by atoms with E-state index in [1.165, 1.54) is 11.1 Å². The lowest BCUT2D eigenvalue weighted by atomic mass is 9.97. The highest BCUT2D eigenvalue weighted by atomic mass is 16.5. The second kappa shape index (κ2) is 6.36. The molecule has 0 aliphatic heterocycles. The van der Waals surface area contributed by atoms with Crippen LogP contribution in [0, 0.1) is 0 Å². The topological polar surface area (TPSA) is 47.3 Å². The Kier molecular flexibility index (Phi) is 4.55. The molecule has 3 nitrogen and oxygen atoms in total. The van der Waals surface area contributed by atoms with Gasteiger partial charge in [0.1, 0.15) is 5.75 Å². The first kappa shape index (κ1) is 13.6. The Balaban J connectivity index is 2.31. The molecule has 0 bridgehead atoms. The van der Waals surface area contributed by atoms with Crippen molar-refractivity contribution in [2.75, 3.05) is 14.2 Å². The van der Waals surface area contributed by atoms with Crippen LogP contribution in [-0.4, -0.2) is 14.2 Å². The lowest BCUT2D eigenvalue weighted by molar-refractivity contribution is 0.414. The molecule has 0 radical (unpaired) electrons. The summed E-state index contributed by atoms with van der Waals surface area (Å²) in [5.74, 6) is 0.870. The summed E-state index contributed by atoms with van der Waals surface area (Å²) in [5.41, 5.74) is 9.27. The fourth-order valence-corrected chi connectivity index (χ4v) is 2.22. The van der Waals surface area contributed by atoms with Crippen LogP contribution in [0.2, 0.25) is 0 Å². The number of nitrogens with two attached hydrogens (primary N) is 1. The maximum Gasteiger partial charge on any atom is 0.118 e. The lowest BCUT2D eigenvalue weighted by Gasteiger charge is -2.18. The Hall–Kier alpha value is -1.84. The molecular weight excluding hydrogens is 236 g/mol. The van der Waals surface area contributed by atoms with Crippen molar-refractivity contribution in [3.8, 4) is 5.75 Å². The molecule has 3 N–H and O–H groups in total. The zero-order chi connectivity index (χ0) is 13.7. The van der Waals surface area contributed by atoms with Crippen LogP contribution in [0.1, 0.15) is 22.7 Å². The Morgan fingerprint density at radius 1 is 1.11 bits per heavy atom. The average molecular weight is 256 g/mol. The van der Waals surface area contributed by atoms with Gasteiger partial charge in [-0.1, -0.05) is 36.4 Å². The van der Waals surface area contributed by atoms with Crippen molar-refractivity contribution in [2.45, 2.75) is 12.6 Å². The standard InChI is InChI=1S/C16H20N2O/c1-18-16(13-6-8-15(19-2)9-7-13)14-5-3-4-12(10-14)11-17/h3-10,16,18H,11,17H2,1-2H3. The molecule has 2 aromatic rings. The first-order chi connectivity index (χ1) is 9.28. The summed E-state index contributed by atoms with van der Waals surface area (Å²) >= 11 is 0. The van der Waals surface area contributed by atoms with Gasteiger partial charge in [0.2, 0.25) is 0 Å². The first-order valence-electron chi connectivity index (χ1n) is 6.38. The predicted octanol–water partition coefficient (Wildman–Crippen LogP) is 2.46. The van der Waals surface area contributed by atoms with Crippen LogP contribution in [-0.2, 0) is 6.54 Å². The van der Waals surface area contributed by atoms with Crippen molar-refractivity contribution in [2.24, 2.45) is 5.73 Å². The molecule has 1 unspecified atom stereocenters. The summed E-state index contributed by atoms with van der Waals surface area (Å²) < 4.78 is 5.19. The van der Waals surface area contributed by atoms with Gasteiger partial charge >= 0.3 is 0 Å². The van der Waals surface area contributed by atoms with Gasteiger partial charge in [0, 0.05) is 6.54 Å². The maximum absolute atomic E-state index is 5.70. The van der Waals surface area contributed by atoms with Crippen molar-refractivity contribution in [3.05, 3.63) is 65.2 Å². The van der Waals surface area contributed by atoms with Crippen LogP contribution >= 0.6 is 0 Å². The van der Waals surface area contributed by atoms with Crippen molar-refractivity contribution in [1.29, 1.82) is 0 Å². The van der Waals surface area contributed by atoms with Gasteiger partial charge in [-0.25, -0.2) is 0 Å². The van der Waals surface area contributed by atoms with E-state index in [1.54, 1.807) is 7.11 Å². The van der Waals surface area contributed by atoms with Crippen LogP contribution in [0.3, 0.4) is 0 Å². The highest BCUT2D eigenvalue weighted by Gasteiger charge is 2.12. The summed E-state index contributed by atoms with van der Waals surface area (Å²) in [6, 6.07) is 16.6. The minimum atomic E-state index is 0.164. The summed E-state index contributed by atoms with van der Waals surface area (Å²) in [6.45, 7) is 0.562. The number of ether oxygens (including phenoxy) is 1. The molecule has 0 amide bonds. The van der Waals surface area contributed by atoms with E-state index in [0.29, 0.717) is 6.54 Å². The largest absolute Gasteiger partial charge is 0.497 e. The minimum Gasteiger partial charge on any atom is -0.497 e. The number of hydrogen-bond acceptors (Lipinski definition) is 3. The van der Waals surface area contributed by atoms with Crippen molar-refractivity contribution in [3.63, 3.8) is 0 Å².